The molecule has 1 fully saturated rings. The zero-order valence-electron chi connectivity index (χ0n) is 16.7. The van der Waals surface area contributed by atoms with E-state index in [2.05, 4.69) is 4.90 Å². The number of halogens is 1. The predicted octanol–water partition coefficient (Wildman–Crippen LogP) is 2.85. The fraction of sp³-hybridized carbons (Fsp3) is 0.478. The van der Waals surface area contributed by atoms with Gasteiger partial charge in [0.15, 0.2) is 0 Å². The summed E-state index contributed by atoms with van der Waals surface area (Å²) in [5.41, 5.74) is 1.52. The van der Waals surface area contributed by atoms with Crippen molar-refractivity contribution < 1.29 is 20.4 Å². The summed E-state index contributed by atoms with van der Waals surface area (Å²) in [7, 11) is 0. The summed E-state index contributed by atoms with van der Waals surface area (Å²) in [6.07, 6.45) is -0.306. The molecule has 3 atom stereocenters. The van der Waals surface area contributed by atoms with Crippen LogP contribution in [0.1, 0.15) is 42.6 Å². The van der Waals surface area contributed by atoms with Crippen LogP contribution in [0.3, 0.4) is 0 Å². The number of aliphatic hydroxyl groups excluding tert-OH is 3. The van der Waals surface area contributed by atoms with Gasteiger partial charge in [0.05, 0.1) is 24.4 Å². The number of benzene rings is 2. The third-order valence-corrected chi connectivity index (χ3v) is 6.37. The minimum absolute atomic E-state index is 0.0358. The van der Waals surface area contributed by atoms with Crippen molar-refractivity contribution >= 4 is 11.6 Å². The number of piperidine rings is 1. The van der Waals surface area contributed by atoms with Crippen LogP contribution in [-0.2, 0) is 12.2 Å². The quantitative estimate of drug-likeness (QED) is 0.554. The van der Waals surface area contributed by atoms with E-state index in [0.717, 1.165) is 16.7 Å². The fourth-order valence-corrected chi connectivity index (χ4v) is 4.05. The van der Waals surface area contributed by atoms with Gasteiger partial charge in [-0.25, -0.2) is 0 Å². The van der Waals surface area contributed by atoms with Crippen LogP contribution in [0, 0.1) is 5.92 Å². The first-order valence-corrected chi connectivity index (χ1v) is 10.5. The predicted molar refractivity (Wildman–Crippen MR) is 114 cm³/mol. The van der Waals surface area contributed by atoms with Crippen molar-refractivity contribution in [3.63, 3.8) is 0 Å². The third-order valence-electron chi connectivity index (χ3n) is 6.12. The normalized spacial score (nSPS) is 20.2. The van der Waals surface area contributed by atoms with Crippen LogP contribution < -0.4 is 0 Å². The van der Waals surface area contributed by atoms with Gasteiger partial charge >= 0.3 is 0 Å². The maximum Gasteiger partial charge on any atom is 0.0920 e. The van der Waals surface area contributed by atoms with E-state index < -0.39 is 17.8 Å². The average Bonchev–Trinajstić information content (AvgIpc) is 2.75. The van der Waals surface area contributed by atoms with Gasteiger partial charge in [0.2, 0.25) is 0 Å². The first-order chi connectivity index (χ1) is 13.8. The van der Waals surface area contributed by atoms with Crippen molar-refractivity contribution in [1.29, 1.82) is 0 Å². The van der Waals surface area contributed by atoms with Crippen molar-refractivity contribution in [3.05, 3.63) is 70.2 Å². The maximum absolute atomic E-state index is 11.0. The van der Waals surface area contributed by atoms with Crippen molar-refractivity contribution in [2.45, 2.75) is 44.2 Å². The van der Waals surface area contributed by atoms with Crippen molar-refractivity contribution in [1.82, 2.24) is 4.90 Å². The fourth-order valence-electron chi connectivity index (χ4n) is 3.92. The molecular weight excluding hydrogens is 390 g/mol. The van der Waals surface area contributed by atoms with Crippen molar-refractivity contribution in [3.8, 4) is 0 Å². The third kappa shape index (κ3) is 5.37. The summed E-state index contributed by atoms with van der Waals surface area (Å²) < 4.78 is 0. The molecule has 1 saturated heterocycles. The zero-order valence-corrected chi connectivity index (χ0v) is 17.5. The Bertz CT molecular complexity index is 772. The highest BCUT2D eigenvalue weighted by Gasteiger charge is 2.35. The Kier molecular flexibility index (Phi) is 7.32. The molecule has 0 amide bonds. The highest BCUT2D eigenvalue weighted by molar-refractivity contribution is 6.30. The molecule has 3 rings (SSSR count). The Balaban J connectivity index is 1.54. The minimum Gasteiger partial charge on any atom is -0.392 e. The molecule has 0 bridgehead atoms. The Hall–Kier alpha value is -1.47. The van der Waals surface area contributed by atoms with Gasteiger partial charge in [-0.3, -0.25) is 0 Å². The van der Waals surface area contributed by atoms with E-state index in [1.165, 1.54) is 0 Å². The number of hydrogen-bond donors (Lipinski definition) is 4. The van der Waals surface area contributed by atoms with E-state index in [1.54, 1.807) is 36.4 Å². The molecular formula is C23H30ClNO4. The number of β-amino-alcohol motifs (C(OH)–C–C–N with tert-alkyl or cyclic N) is 1. The standard InChI is InChI=1S/C23H30ClNO4/c1-16(22(28)18-4-2-17(15-26)3-5-18)21(27)14-25-12-10-23(29,11-13-25)19-6-8-20(24)9-7-19/h2-9,16,21-22,26-29H,10-15H2,1H3/t16-,21+,22+/m1/s1. The lowest BCUT2D eigenvalue weighted by Crippen LogP contribution is -2.46. The van der Waals surface area contributed by atoms with Gasteiger partial charge < -0.3 is 25.3 Å². The van der Waals surface area contributed by atoms with Gasteiger partial charge in [-0.15, -0.1) is 0 Å². The van der Waals surface area contributed by atoms with Gasteiger partial charge in [0, 0.05) is 30.6 Å². The second-order valence-electron chi connectivity index (χ2n) is 8.11. The minimum atomic E-state index is -0.869. The van der Waals surface area contributed by atoms with E-state index in [9.17, 15) is 15.3 Å². The molecule has 6 heteroatoms. The van der Waals surface area contributed by atoms with Crippen molar-refractivity contribution in [2.24, 2.45) is 5.92 Å². The van der Waals surface area contributed by atoms with Crippen LogP contribution in [0.5, 0.6) is 0 Å². The van der Waals surface area contributed by atoms with Crippen LogP contribution in [0.2, 0.25) is 5.02 Å². The Morgan fingerprint density at radius 2 is 1.59 bits per heavy atom. The summed E-state index contributed by atoms with van der Waals surface area (Å²) in [4.78, 5) is 2.13. The van der Waals surface area contributed by atoms with Crippen LogP contribution in [-0.4, -0.2) is 51.1 Å². The molecule has 2 aromatic rings. The maximum atomic E-state index is 11.0. The Morgan fingerprint density at radius 3 is 2.14 bits per heavy atom. The van der Waals surface area contributed by atoms with Crippen LogP contribution in [0.25, 0.3) is 0 Å². The molecule has 0 spiro atoms. The van der Waals surface area contributed by atoms with E-state index in [1.807, 2.05) is 19.1 Å². The first kappa shape index (κ1) is 22.2. The summed E-state index contributed by atoms with van der Waals surface area (Å²) in [5, 5.41) is 42.0. The van der Waals surface area contributed by atoms with Crippen LogP contribution >= 0.6 is 11.6 Å². The SMILES string of the molecule is C[C@@H]([C@H](O)c1ccc(CO)cc1)[C@@H](O)CN1CCC(O)(c2ccc(Cl)cc2)CC1. The largest absolute Gasteiger partial charge is 0.392 e. The van der Waals surface area contributed by atoms with E-state index in [-0.39, 0.29) is 12.5 Å². The number of aliphatic hydroxyl groups is 4. The van der Waals surface area contributed by atoms with Gasteiger partial charge in [0.25, 0.3) is 0 Å². The Labute approximate surface area is 177 Å². The number of rotatable bonds is 7. The van der Waals surface area contributed by atoms with E-state index in [4.69, 9.17) is 16.7 Å². The zero-order chi connectivity index (χ0) is 21.0. The van der Waals surface area contributed by atoms with Crippen LogP contribution in [0.4, 0.5) is 0 Å². The molecule has 5 nitrogen and oxygen atoms in total. The molecule has 29 heavy (non-hydrogen) atoms. The Morgan fingerprint density at radius 1 is 1.00 bits per heavy atom. The second kappa shape index (κ2) is 9.56. The average molecular weight is 420 g/mol. The number of hydrogen-bond acceptors (Lipinski definition) is 5. The molecule has 0 radical (unpaired) electrons. The molecule has 1 aliphatic rings. The smallest absolute Gasteiger partial charge is 0.0920 e. The molecule has 0 aromatic heterocycles. The lowest BCUT2D eigenvalue weighted by atomic mass is 9.84. The molecule has 4 N–H and O–H groups in total. The summed E-state index contributed by atoms with van der Waals surface area (Å²) in [6.45, 7) is 3.59. The lowest BCUT2D eigenvalue weighted by molar-refractivity contribution is -0.0475. The summed E-state index contributed by atoms with van der Waals surface area (Å²) in [5.74, 6) is -0.341. The molecule has 1 heterocycles. The highest BCUT2D eigenvalue weighted by Crippen LogP contribution is 2.34. The number of nitrogens with zero attached hydrogens (tertiary/aromatic N) is 1. The van der Waals surface area contributed by atoms with Gasteiger partial charge in [-0.2, -0.15) is 0 Å². The molecule has 0 unspecified atom stereocenters. The molecule has 0 saturated carbocycles. The van der Waals surface area contributed by atoms with Gasteiger partial charge in [-0.1, -0.05) is 54.9 Å². The molecule has 2 aromatic carbocycles. The van der Waals surface area contributed by atoms with Crippen molar-refractivity contribution in [2.75, 3.05) is 19.6 Å². The van der Waals surface area contributed by atoms with Gasteiger partial charge in [0.1, 0.15) is 0 Å². The monoisotopic (exact) mass is 419 g/mol. The first-order valence-electron chi connectivity index (χ1n) is 10.1. The number of likely N-dealkylation sites (tertiary alicyclic amines) is 1. The summed E-state index contributed by atoms with van der Waals surface area (Å²) >= 11 is 5.94. The second-order valence-corrected chi connectivity index (χ2v) is 8.55. The van der Waals surface area contributed by atoms with E-state index >= 15 is 0 Å². The van der Waals surface area contributed by atoms with E-state index in [0.29, 0.717) is 37.5 Å². The van der Waals surface area contributed by atoms with Gasteiger partial charge in [-0.05, 0) is 41.7 Å². The highest BCUT2D eigenvalue weighted by atomic mass is 35.5. The van der Waals surface area contributed by atoms with Crippen LogP contribution in [0.15, 0.2) is 48.5 Å². The summed E-state index contributed by atoms with van der Waals surface area (Å²) in [6, 6.07) is 14.4. The lowest BCUT2D eigenvalue weighted by Gasteiger charge is -2.40. The topological polar surface area (TPSA) is 84.2 Å². The molecule has 0 aliphatic carbocycles. The molecule has 158 valence electrons. The molecule has 1 aliphatic heterocycles.